The van der Waals surface area contributed by atoms with Gasteiger partial charge in [-0.25, -0.2) is 0 Å². The van der Waals surface area contributed by atoms with Crippen molar-refractivity contribution in [3.63, 3.8) is 0 Å². The van der Waals surface area contributed by atoms with Crippen molar-refractivity contribution < 1.29 is 0 Å². The van der Waals surface area contributed by atoms with Crippen LogP contribution in [0.2, 0.25) is 0 Å². The standard InChI is InChI=1S/2C9H15N/c2*1-2-3-4-5-6-7-8-9-10/h2*6-7H,2-5,8H2,1H3. The highest BCUT2D eigenvalue weighted by Gasteiger charge is 1.81. The second-order valence-electron chi connectivity index (χ2n) is 4.66. The summed E-state index contributed by atoms with van der Waals surface area (Å²) in [7, 11) is 0. The molecule has 2 heteroatoms. The van der Waals surface area contributed by atoms with E-state index in [1.165, 1.54) is 38.5 Å². The lowest BCUT2D eigenvalue weighted by Crippen LogP contribution is -1.70. The Kier molecular flexibility index (Phi) is 23.5. The molecule has 0 saturated carbocycles. The molecule has 0 saturated heterocycles. The van der Waals surface area contributed by atoms with Gasteiger partial charge >= 0.3 is 0 Å². The topological polar surface area (TPSA) is 47.6 Å². The molecule has 0 aliphatic heterocycles. The molecule has 112 valence electrons. The van der Waals surface area contributed by atoms with Gasteiger partial charge in [0.25, 0.3) is 0 Å². The zero-order chi connectivity index (χ0) is 15.3. The predicted molar refractivity (Wildman–Crippen MR) is 87.0 cm³/mol. The summed E-state index contributed by atoms with van der Waals surface area (Å²) in [5, 5.41) is 16.3. The molecule has 0 spiro atoms. The Morgan fingerprint density at radius 1 is 0.650 bits per heavy atom. The van der Waals surface area contributed by atoms with Crippen molar-refractivity contribution in [2.75, 3.05) is 0 Å². The van der Waals surface area contributed by atoms with E-state index < -0.39 is 0 Å². The maximum absolute atomic E-state index is 8.17. The molecule has 0 bridgehead atoms. The van der Waals surface area contributed by atoms with Gasteiger partial charge in [0.15, 0.2) is 0 Å². The fraction of sp³-hybridized carbons (Fsp3) is 0.667. The highest BCUT2D eigenvalue weighted by molar-refractivity contribution is 4.90. The minimum absolute atomic E-state index is 0.562. The average Bonchev–Trinajstić information content (AvgIpc) is 2.47. The first-order chi connectivity index (χ1) is 9.83. The van der Waals surface area contributed by atoms with Crippen molar-refractivity contribution in [1.29, 1.82) is 10.5 Å². The van der Waals surface area contributed by atoms with E-state index in [0.29, 0.717) is 12.8 Å². The van der Waals surface area contributed by atoms with Crippen LogP contribution in [-0.4, -0.2) is 0 Å². The third-order valence-electron chi connectivity index (χ3n) is 2.70. The van der Waals surface area contributed by atoms with Gasteiger partial charge in [-0.15, -0.1) is 0 Å². The molecule has 0 N–H and O–H groups in total. The molecule has 2 nitrogen and oxygen atoms in total. The first kappa shape index (κ1) is 20.8. The van der Waals surface area contributed by atoms with E-state index in [4.69, 9.17) is 10.5 Å². The monoisotopic (exact) mass is 274 g/mol. The molecule has 0 unspecified atom stereocenters. The number of rotatable bonds is 10. The van der Waals surface area contributed by atoms with Crippen LogP contribution in [0.15, 0.2) is 24.3 Å². The number of nitrogens with zero attached hydrogens (tertiary/aromatic N) is 2. The molecule has 0 aliphatic rings. The van der Waals surface area contributed by atoms with Crippen LogP contribution in [0.25, 0.3) is 0 Å². The molecule has 0 fully saturated rings. The van der Waals surface area contributed by atoms with Gasteiger partial charge in [-0.05, 0) is 25.7 Å². The Labute approximate surface area is 125 Å². The van der Waals surface area contributed by atoms with Gasteiger partial charge < -0.3 is 0 Å². The van der Waals surface area contributed by atoms with Crippen LogP contribution in [0.1, 0.15) is 78.1 Å². The molecular formula is C18H30N2. The SMILES string of the molecule is CCCCCC=CCC#N.CCCCCC=CCC#N. The summed E-state index contributed by atoms with van der Waals surface area (Å²) in [5.41, 5.74) is 0. The summed E-state index contributed by atoms with van der Waals surface area (Å²) >= 11 is 0. The smallest absolute Gasteiger partial charge is 0.0663 e. The van der Waals surface area contributed by atoms with E-state index in [1.807, 2.05) is 12.2 Å². The number of nitriles is 2. The van der Waals surface area contributed by atoms with Gasteiger partial charge in [-0.1, -0.05) is 63.8 Å². The fourth-order valence-electron chi connectivity index (χ4n) is 1.53. The molecule has 0 atom stereocenters. The highest BCUT2D eigenvalue weighted by Crippen LogP contribution is 2.00. The predicted octanol–water partition coefficient (Wildman–Crippen LogP) is 6.07. The summed E-state index contributed by atoms with van der Waals surface area (Å²) in [6.45, 7) is 4.39. The second-order valence-corrected chi connectivity index (χ2v) is 4.66. The molecule has 0 aromatic heterocycles. The zero-order valence-electron chi connectivity index (χ0n) is 13.3. The van der Waals surface area contributed by atoms with E-state index in [9.17, 15) is 0 Å². The van der Waals surface area contributed by atoms with Crippen LogP contribution < -0.4 is 0 Å². The van der Waals surface area contributed by atoms with Crippen molar-refractivity contribution in [2.24, 2.45) is 0 Å². The number of hydrogen-bond acceptors (Lipinski definition) is 2. The largest absolute Gasteiger partial charge is 0.198 e. The summed E-state index contributed by atoms with van der Waals surface area (Å²) in [4.78, 5) is 0. The maximum atomic E-state index is 8.17. The van der Waals surface area contributed by atoms with Crippen LogP contribution in [0, 0.1) is 22.7 Å². The van der Waals surface area contributed by atoms with E-state index in [2.05, 4.69) is 38.1 Å². The van der Waals surface area contributed by atoms with Crippen molar-refractivity contribution in [3.8, 4) is 12.1 Å². The maximum Gasteiger partial charge on any atom is 0.0663 e. The Balaban J connectivity index is 0. The highest BCUT2D eigenvalue weighted by atomic mass is 14.2. The number of allylic oxidation sites excluding steroid dienone is 4. The molecule has 20 heavy (non-hydrogen) atoms. The summed E-state index contributed by atoms with van der Waals surface area (Å²) < 4.78 is 0. The van der Waals surface area contributed by atoms with Crippen molar-refractivity contribution in [3.05, 3.63) is 24.3 Å². The Morgan fingerprint density at radius 3 is 1.35 bits per heavy atom. The van der Waals surface area contributed by atoms with Crippen LogP contribution in [0.5, 0.6) is 0 Å². The van der Waals surface area contributed by atoms with Gasteiger partial charge in [-0.3, -0.25) is 0 Å². The third kappa shape index (κ3) is 25.3. The molecule has 0 amide bonds. The van der Waals surface area contributed by atoms with Crippen LogP contribution in [-0.2, 0) is 0 Å². The Morgan fingerprint density at radius 2 is 1.05 bits per heavy atom. The van der Waals surface area contributed by atoms with E-state index in [1.54, 1.807) is 0 Å². The van der Waals surface area contributed by atoms with Crippen molar-refractivity contribution in [2.45, 2.75) is 78.1 Å². The molecule has 0 aromatic rings. The Bertz CT molecular complexity index is 270. The lowest BCUT2D eigenvalue weighted by atomic mass is 10.2. The normalized spacial score (nSPS) is 10.0. The lowest BCUT2D eigenvalue weighted by Gasteiger charge is -1.89. The fourth-order valence-corrected chi connectivity index (χ4v) is 1.53. The van der Waals surface area contributed by atoms with E-state index in [-0.39, 0.29) is 0 Å². The Hall–Kier alpha value is -1.54. The van der Waals surface area contributed by atoms with Crippen molar-refractivity contribution >= 4 is 0 Å². The van der Waals surface area contributed by atoms with Gasteiger partial charge in [0.05, 0.1) is 25.0 Å². The van der Waals surface area contributed by atoms with Gasteiger partial charge in [-0.2, -0.15) is 10.5 Å². The summed E-state index contributed by atoms with van der Waals surface area (Å²) in [6.07, 6.45) is 19.1. The van der Waals surface area contributed by atoms with Crippen molar-refractivity contribution in [1.82, 2.24) is 0 Å². The van der Waals surface area contributed by atoms with E-state index in [0.717, 1.165) is 12.8 Å². The first-order valence-corrected chi connectivity index (χ1v) is 7.87. The van der Waals surface area contributed by atoms with Gasteiger partial charge in [0, 0.05) is 0 Å². The van der Waals surface area contributed by atoms with Gasteiger partial charge in [0.2, 0.25) is 0 Å². The minimum Gasteiger partial charge on any atom is -0.198 e. The minimum atomic E-state index is 0.562. The lowest BCUT2D eigenvalue weighted by molar-refractivity contribution is 0.728. The molecule has 0 aromatic carbocycles. The van der Waals surface area contributed by atoms with Gasteiger partial charge in [0.1, 0.15) is 0 Å². The zero-order valence-corrected chi connectivity index (χ0v) is 13.3. The summed E-state index contributed by atoms with van der Waals surface area (Å²) in [5.74, 6) is 0. The molecule has 0 rings (SSSR count). The molecule has 0 radical (unpaired) electrons. The quantitative estimate of drug-likeness (QED) is 0.358. The van der Waals surface area contributed by atoms with Crippen LogP contribution in [0.4, 0.5) is 0 Å². The van der Waals surface area contributed by atoms with Crippen LogP contribution in [0.3, 0.4) is 0 Å². The average molecular weight is 274 g/mol. The molecule has 0 heterocycles. The van der Waals surface area contributed by atoms with E-state index >= 15 is 0 Å². The third-order valence-corrected chi connectivity index (χ3v) is 2.70. The number of hydrogen-bond donors (Lipinski definition) is 0. The van der Waals surface area contributed by atoms with Crippen LogP contribution >= 0.6 is 0 Å². The summed E-state index contributed by atoms with van der Waals surface area (Å²) in [6, 6.07) is 4.14. The molecular weight excluding hydrogens is 244 g/mol. The number of unbranched alkanes of at least 4 members (excludes halogenated alkanes) is 6. The second kappa shape index (κ2) is 22.6. The molecule has 0 aliphatic carbocycles. The first-order valence-electron chi connectivity index (χ1n) is 7.87.